The average molecular weight is 168 g/mol. The Morgan fingerprint density at radius 3 is 2.20 bits per heavy atom. The number of hydrogen-bond donors (Lipinski definition) is 2. The van der Waals surface area contributed by atoms with Crippen LogP contribution in [0.4, 0.5) is 0 Å². The van der Waals surface area contributed by atoms with Crippen molar-refractivity contribution in [2.75, 3.05) is 19.7 Å². The van der Waals surface area contributed by atoms with Gasteiger partial charge in [-0.05, 0) is 0 Å². The Hall–Kier alpha value is -0.170. The number of likely N-dealkylation sites (N-methyl/N-ethyl adjacent to an activating group) is 1. The fourth-order valence-electron chi connectivity index (χ4n) is 0.577. The van der Waals surface area contributed by atoms with Crippen molar-refractivity contribution in [1.82, 2.24) is 4.31 Å². The SMILES string of the molecule is CCN(CCO)S(N)(=O)=O. The summed E-state index contributed by atoms with van der Waals surface area (Å²) in [6, 6.07) is 0. The smallest absolute Gasteiger partial charge is 0.276 e. The summed E-state index contributed by atoms with van der Waals surface area (Å²) >= 11 is 0. The van der Waals surface area contributed by atoms with E-state index in [2.05, 4.69) is 0 Å². The lowest BCUT2D eigenvalue weighted by molar-refractivity contribution is 0.257. The summed E-state index contributed by atoms with van der Waals surface area (Å²) in [6.07, 6.45) is 0. The zero-order valence-electron chi connectivity index (χ0n) is 5.82. The normalized spacial score (nSPS) is 12.4. The maximum absolute atomic E-state index is 10.5. The van der Waals surface area contributed by atoms with E-state index in [-0.39, 0.29) is 13.2 Å². The monoisotopic (exact) mass is 168 g/mol. The molecule has 0 aromatic heterocycles. The maximum atomic E-state index is 10.5. The van der Waals surface area contributed by atoms with E-state index in [4.69, 9.17) is 10.2 Å². The third-order valence-electron chi connectivity index (χ3n) is 1.06. The van der Waals surface area contributed by atoms with Gasteiger partial charge in [0.15, 0.2) is 0 Å². The summed E-state index contributed by atoms with van der Waals surface area (Å²) in [4.78, 5) is 0. The van der Waals surface area contributed by atoms with E-state index in [1.54, 1.807) is 6.92 Å². The third-order valence-corrected chi connectivity index (χ3v) is 2.22. The Morgan fingerprint density at radius 2 is 2.10 bits per heavy atom. The molecule has 0 saturated carbocycles. The van der Waals surface area contributed by atoms with Gasteiger partial charge in [0.1, 0.15) is 0 Å². The van der Waals surface area contributed by atoms with Crippen molar-refractivity contribution in [3.05, 3.63) is 0 Å². The van der Waals surface area contributed by atoms with Gasteiger partial charge in [0.25, 0.3) is 10.2 Å². The zero-order valence-corrected chi connectivity index (χ0v) is 6.63. The fraction of sp³-hybridized carbons (Fsp3) is 1.00. The zero-order chi connectivity index (χ0) is 8.20. The second-order valence-corrected chi connectivity index (χ2v) is 3.31. The highest BCUT2D eigenvalue weighted by atomic mass is 32.2. The summed E-state index contributed by atoms with van der Waals surface area (Å²) in [5, 5.41) is 13.1. The summed E-state index contributed by atoms with van der Waals surface area (Å²) in [7, 11) is -3.60. The van der Waals surface area contributed by atoms with Crippen molar-refractivity contribution in [2.24, 2.45) is 5.14 Å². The fourth-order valence-corrected chi connectivity index (χ4v) is 1.27. The topological polar surface area (TPSA) is 83.6 Å². The molecule has 0 spiro atoms. The van der Waals surface area contributed by atoms with Crippen LogP contribution in [0.1, 0.15) is 6.92 Å². The molecule has 0 rings (SSSR count). The molecule has 3 N–H and O–H groups in total. The molecule has 6 heteroatoms. The molecule has 0 bridgehead atoms. The summed E-state index contributed by atoms with van der Waals surface area (Å²) in [5.41, 5.74) is 0. The van der Waals surface area contributed by atoms with Gasteiger partial charge >= 0.3 is 0 Å². The molecule has 5 nitrogen and oxygen atoms in total. The molecule has 62 valence electrons. The molecular formula is C4H12N2O3S. The van der Waals surface area contributed by atoms with Gasteiger partial charge < -0.3 is 5.11 Å². The van der Waals surface area contributed by atoms with E-state index in [0.717, 1.165) is 4.31 Å². The molecule has 0 unspecified atom stereocenters. The molecular weight excluding hydrogens is 156 g/mol. The predicted octanol–water partition coefficient (Wildman–Crippen LogP) is -1.50. The van der Waals surface area contributed by atoms with Gasteiger partial charge in [-0.3, -0.25) is 0 Å². The first kappa shape index (κ1) is 9.83. The van der Waals surface area contributed by atoms with Crippen molar-refractivity contribution in [2.45, 2.75) is 6.92 Å². The first-order valence-corrected chi connectivity index (χ1v) is 4.41. The highest BCUT2D eigenvalue weighted by Crippen LogP contribution is 1.90. The Kier molecular flexibility index (Phi) is 3.80. The van der Waals surface area contributed by atoms with Crippen molar-refractivity contribution in [1.29, 1.82) is 0 Å². The van der Waals surface area contributed by atoms with Gasteiger partial charge in [-0.25, -0.2) is 5.14 Å². The van der Waals surface area contributed by atoms with E-state index >= 15 is 0 Å². The van der Waals surface area contributed by atoms with Crippen LogP contribution in [0.2, 0.25) is 0 Å². The highest BCUT2D eigenvalue weighted by Gasteiger charge is 2.12. The van der Waals surface area contributed by atoms with E-state index in [1.807, 2.05) is 0 Å². The van der Waals surface area contributed by atoms with Crippen LogP contribution in [0.3, 0.4) is 0 Å². The predicted molar refractivity (Wildman–Crippen MR) is 37.4 cm³/mol. The second-order valence-electron chi connectivity index (χ2n) is 1.76. The van der Waals surface area contributed by atoms with Crippen molar-refractivity contribution in [3.63, 3.8) is 0 Å². The number of nitrogens with zero attached hydrogens (tertiary/aromatic N) is 1. The van der Waals surface area contributed by atoms with Gasteiger partial charge in [-0.2, -0.15) is 12.7 Å². The van der Waals surface area contributed by atoms with Gasteiger partial charge in [-0.1, -0.05) is 6.92 Å². The molecule has 0 amide bonds. The Morgan fingerprint density at radius 1 is 1.60 bits per heavy atom. The van der Waals surface area contributed by atoms with Crippen LogP contribution in [0.5, 0.6) is 0 Å². The van der Waals surface area contributed by atoms with E-state index in [0.29, 0.717) is 6.54 Å². The molecule has 0 aliphatic rings. The molecule has 0 saturated heterocycles. The summed E-state index contributed by atoms with van der Waals surface area (Å²) in [6.45, 7) is 1.80. The minimum Gasteiger partial charge on any atom is -0.395 e. The standard InChI is InChI=1S/C4H12N2O3S/c1-2-6(3-4-7)10(5,8)9/h7H,2-4H2,1H3,(H2,5,8,9). The van der Waals surface area contributed by atoms with Crippen LogP contribution < -0.4 is 5.14 Å². The van der Waals surface area contributed by atoms with Gasteiger partial charge in [0, 0.05) is 13.1 Å². The Labute approximate surface area is 60.6 Å². The lowest BCUT2D eigenvalue weighted by atomic mass is 10.6. The molecule has 10 heavy (non-hydrogen) atoms. The van der Waals surface area contributed by atoms with E-state index in [1.165, 1.54) is 0 Å². The van der Waals surface area contributed by atoms with Gasteiger partial charge in [0.05, 0.1) is 6.61 Å². The average Bonchev–Trinajstić information content (AvgIpc) is 1.80. The molecule has 0 heterocycles. The highest BCUT2D eigenvalue weighted by molar-refractivity contribution is 7.86. The van der Waals surface area contributed by atoms with Crippen molar-refractivity contribution < 1.29 is 13.5 Å². The first-order valence-electron chi connectivity index (χ1n) is 2.91. The molecule has 0 aliphatic carbocycles. The molecule has 0 aliphatic heterocycles. The van der Waals surface area contributed by atoms with E-state index in [9.17, 15) is 8.42 Å². The minimum atomic E-state index is -3.60. The quantitative estimate of drug-likeness (QED) is 0.536. The van der Waals surface area contributed by atoms with Crippen LogP contribution >= 0.6 is 0 Å². The summed E-state index contributed by atoms with van der Waals surface area (Å²) < 4.78 is 22.1. The largest absolute Gasteiger partial charge is 0.395 e. The number of aliphatic hydroxyl groups excluding tert-OH is 1. The van der Waals surface area contributed by atoms with Crippen LogP contribution in [0, 0.1) is 0 Å². The Bertz CT molecular complexity index is 177. The molecule has 0 fully saturated rings. The second kappa shape index (κ2) is 3.87. The molecule has 0 radical (unpaired) electrons. The van der Waals surface area contributed by atoms with Crippen LogP contribution in [-0.2, 0) is 10.2 Å². The van der Waals surface area contributed by atoms with Gasteiger partial charge in [-0.15, -0.1) is 0 Å². The van der Waals surface area contributed by atoms with Crippen LogP contribution in [0.25, 0.3) is 0 Å². The molecule has 0 atom stereocenters. The number of rotatable bonds is 4. The van der Waals surface area contributed by atoms with Crippen molar-refractivity contribution in [3.8, 4) is 0 Å². The van der Waals surface area contributed by atoms with Gasteiger partial charge in [0.2, 0.25) is 0 Å². The van der Waals surface area contributed by atoms with Crippen molar-refractivity contribution >= 4 is 10.2 Å². The lowest BCUT2D eigenvalue weighted by Crippen LogP contribution is -2.38. The molecule has 0 aromatic rings. The number of aliphatic hydroxyl groups is 1. The summed E-state index contributed by atoms with van der Waals surface area (Å²) in [5.74, 6) is 0. The molecule has 0 aromatic carbocycles. The van der Waals surface area contributed by atoms with Crippen LogP contribution in [-0.4, -0.2) is 37.5 Å². The van der Waals surface area contributed by atoms with Crippen LogP contribution in [0.15, 0.2) is 0 Å². The third kappa shape index (κ3) is 3.11. The maximum Gasteiger partial charge on any atom is 0.276 e. The minimum absolute atomic E-state index is 0.0648. The number of nitrogens with two attached hydrogens (primary N) is 1. The number of hydrogen-bond acceptors (Lipinski definition) is 3. The first-order chi connectivity index (χ1) is 4.52. The Balaban J connectivity index is 4.08. The lowest BCUT2D eigenvalue weighted by Gasteiger charge is -2.14. The van der Waals surface area contributed by atoms with E-state index < -0.39 is 10.2 Å².